The van der Waals surface area contributed by atoms with Crippen LogP contribution in [0, 0.1) is 0 Å². The molecule has 1 aromatic heterocycles. The third-order valence-corrected chi connectivity index (χ3v) is 3.97. The van der Waals surface area contributed by atoms with E-state index in [0.717, 1.165) is 11.4 Å². The lowest BCUT2D eigenvalue weighted by molar-refractivity contribution is -0.142. The van der Waals surface area contributed by atoms with Crippen LogP contribution in [-0.2, 0) is 22.4 Å². The number of aryl methyl sites for hydroxylation is 1. The number of carbonyl (C=O) groups is 2. The van der Waals surface area contributed by atoms with Crippen LogP contribution < -0.4 is 5.32 Å². The molecule has 5 nitrogen and oxygen atoms in total. The first-order valence-corrected chi connectivity index (χ1v) is 7.48. The molecule has 0 aliphatic carbocycles. The first-order chi connectivity index (χ1) is 10.1. The van der Waals surface area contributed by atoms with Gasteiger partial charge in [0.2, 0.25) is 5.91 Å². The van der Waals surface area contributed by atoms with Crippen molar-refractivity contribution in [2.24, 2.45) is 0 Å². The Kier molecular flexibility index (Phi) is 5.05. The van der Waals surface area contributed by atoms with Gasteiger partial charge in [-0.25, -0.2) is 9.78 Å². The van der Waals surface area contributed by atoms with Crippen molar-refractivity contribution in [3.8, 4) is 0 Å². The molecule has 0 saturated heterocycles. The smallest absolute Gasteiger partial charge is 0.330 e. The quantitative estimate of drug-likeness (QED) is 0.857. The highest BCUT2D eigenvalue weighted by Gasteiger charge is 2.22. The summed E-state index contributed by atoms with van der Waals surface area (Å²) in [4.78, 5) is 27.6. The summed E-state index contributed by atoms with van der Waals surface area (Å²) in [5.41, 5.74) is 1.22. The zero-order valence-electron chi connectivity index (χ0n) is 11.6. The van der Waals surface area contributed by atoms with Crippen molar-refractivity contribution in [2.75, 3.05) is 0 Å². The van der Waals surface area contributed by atoms with E-state index in [4.69, 9.17) is 0 Å². The van der Waals surface area contributed by atoms with E-state index in [-0.39, 0.29) is 12.3 Å². The van der Waals surface area contributed by atoms with Gasteiger partial charge in [-0.3, -0.25) is 4.79 Å². The van der Waals surface area contributed by atoms with Crippen molar-refractivity contribution in [3.63, 3.8) is 0 Å². The highest BCUT2D eigenvalue weighted by molar-refractivity contribution is 7.09. The molecule has 1 unspecified atom stereocenters. The number of hydrogen-bond donors (Lipinski definition) is 2. The summed E-state index contributed by atoms with van der Waals surface area (Å²) in [7, 11) is 0. The molecule has 21 heavy (non-hydrogen) atoms. The predicted molar refractivity (Wildman–Crippen MR) is 80.2 cm³/mol. The SMILES string of the molecule is CCc1nc(CC(=O)NC(C(=O)O)c2ccccc2)cs1. The van der Waals surface area contributed by atoms with Gasteiger partial charge in [0.1, 0.15) is 0 Å². The van der Waals surface area contributed by atoms with Crippen molar-refractivity contribution in [2.45, 2.75) is 25.8 Å². The summed E-state index contributed by atoms with van der Waals surface area (Å²) in [5, 5.41) is 14.6. The van der Waals surface area contributed by atoms with Crippen LogP contribution in [-0.4, -0.2) is 22.0 Å². The van der Waals surface area contributed by atoms with Gasteiger partial charge in [0, 0.05) is 5.38 Å². The minimum absolute atomic E-state index is 0.0904. The third-order valence-electron chi connectivity index (χ3n) is 2.93. The van der Waals surface area contributed by atoms with Gasteiger partial charge in [-0.1, -0.05) is 37.3 Å². The van der Waals surface area contributed by atoms with E-state index in [1.807, 2.05) is 12.3 Å². The van der Waals surface area contributed by atoms with Crippen LogP contribution in [0.15, 0.2) is 35.7 Å². The number of aliphatic carboxylic acids is 1. The van der Waals surface area contributed by atoms with Gasteiger partial charge >= 0.3 is 5.97 Å². The zero-order chi connectivity index (χ0) is 15.2. The molecule has 0 aliphatic heterocycles. The van der Waals surface area contributed by atoms with Gasteiger partial charge in [-0.05, 0) is 12.0 Å². The fraction of sp³-hybridized carbons (Fsp3) is 0.267. The highest BCUT2D eigenvalue weighted by Crippen LogP contribution is 2.14. The lowest BCUT2D eigenvalue weighted by Gasteiger charge is -2.14. The second-order valence-electron chi connectivity index (χ2n) is 4.51. The van der Waals surface area contributed by atoms with Gasteiger partial charge in [-0.15, -0.1) is 11.3 Å². The number of amides is 1. The van der Waals surface area contributed by atoms with Crippen LogP contribution in [0.2, 0.25) is 0 Å². The van der Waals surface area contributed by atoms with Gasteiger partial charge in [0.05, 0.1) is 17.1 Å². The Balaban J connectivity index is 2.03. The number of aromatic nitrogens is 1. The molecule has 0 radical (unpaired) electrons. The van der Waals surface area contributed by atoms with Crippen LogP contribution in [0.4, 0.5) is 0 Å². The Hall–Kier alpha value is -2.21. The van der Waals surface area contributed by atoms with E-state index in [2.05, 4.69) is 10.3 Å². The average molecular weight is 304 g/mol. The number of rotatable bonds is 6. The van der Waals surface area contributed by atoms with E-state index in [0.29, 0.717) is 11.3 Å². The fourth-order valence-corrected chi connectivity index (χ4v) is 2.65. The molecule has 0 saturated carbocycles. The molecular formula is C15H16N2O3S. The molecule has 2 aromatic rings. The Morgan fingerprint density at radius 3 is 2.62 bits per heavy atom. The van der Waals surface area contributed by atoms with Crippen LogP contribution in [0.1, 0.15) is 29.2 Å². The van der Waals surface area contributed by atoms with E-state index < -0.39 is 12.0 Å². The average Bonchev–Trinajstić information content (AvgIpc) is 2.93. The first kappa shape index (κ1) is 15.2. The molecule has 0 bridgehead atoms. The Bertz CT molecular complexity index is 625. The number of benzene rings is 1. The number of carboxylic acids is 1. The highest BCUT2D eigenvalue weighted by atomic mass is 32.1. The van der Waals surface area contributed by atoms with Crippen molar-refractivity contribution in [3.05, 3.63) is 52.0 Å². The maximum atomic E-state index is 12.0. The standard InChI is InChI=1S/C15H16N2O3S/c1-2-13-16-11(9-21-13)8-12(18)17-14(15(19)20)10-6-4-3-5-7-10/h3-7,9,14H,2,8H2,1H3,(H,17,18)(H,19,20). The maximum absolute atomic E-state index is 12.0. The summed E-state index contributed by atoms with van der Waals surface area (Å²) >= 11 is 1.51. The van der Waals surface area contributed by atoms with E-state index in [1.54, 1.807) is 30.3 Å². The largest absolute Gasteiger partial charge is 0.479 e. The molecule has 6 heteroatoms. The summed E-state index contributed by atoms with van der Waals surface area (Å²) in [5.74, 6) is -1.43. The fourth-order valence-electron chi connectivity index (χ4n) is 1.90. The van der Waals surface area contributed by atoms with E-state index in [1.165, 1.54) is 11.3 Å². The molecule has 1 heterocycles. The van der Waals surface area contributed by atoms with Crippen LogP contribution >= 0.6 is 11.3 Å². The zero-order valence-corrected chi connectivity index (χ0v) is 12.4. The van der Waals surface area contributed by atoms with Crippen LogP contribution in [0.5, 0.6) is 0 Å². The summed E-state index contributed by atoms with van der Waals surface area (Å²) < 4.78 is 0. The molecule has 110 valence electrons. The van der Waals surface area contributed by atoms with E-state index in [9.17, 15) is 14.7 Å². The molecule has 2 N–H and O–H groups in total. The molecule has 0 fully saturated rings. The number of nitrogens with one attached hydrogen (secondary N) is 1. The van der Waals surface area contributed by atoms with Crippen molar-refractivity contribution in [1.29, 1.82) is 0 Å². The van der Waals surface area contributed by atoms with Gasteiger partial charge < -0.3 is 10.4 Å². The molecule has 0 aliphatic rings. The lowest BCUT2D eigenvalue weighted by atomic mass is 10.1. The van der Waals surface area contributed by atoms with Crippen molar-refractivity contribution in [1.82, 2.24) is 10.3 Å². The Morgan fingerprint density at radius 1 is 1.33 bits per heavy atom. The molecule has 1 atom stereocenters. The molecule has 1 amide bonds. The summed E-state index contributed by atoms with van der Waals surface area (Å²) in [6, 6.07) is 7.60. The van der Waals surface area contributed by atoms with Crippen LogP contribution in [0.3, 0.4) is 0 Å². The summed E-state index contributed by atoms with van der Waals surface area (Å²) in [6.45, 7) is 2.00. The summed E-state index contributed by atoms with van der Waals surface area (Å²) in [6.07, 6.45) is 0.918. The minimum atomic E-state index is -1.08. The van der Waals surface area contributed by atoms with Gasteiger partial charge in [0.25, 0.3) is 0 Å². The first-order valence-electron chi connectivity index (χ1n) is 6.60. The second-order valence-corrected chi connectivity index (χ2v) is 5.46. The van der Waals surface area contributed by atoms with Crippen LogP contribution in [0.25, 0.3) is 0 Å². The molecule has 0 spiro atoms. The monoisotopic (exact) mass is 304 g/mol. The normalized spacial score (nSPS) is 11.9. The molecule has 2 rings (SSSR count). The number of carbonyl (C=O) groups excluding carboxylic acids is 1. The van der Waals surface area contributed by atoms with Gasteiger partial charge in [-0.2, -0.15) is 0 Å². The minimum Gasteiger partial charge on any atom is -0.479 e. The molecule has 1 aromatic carbocycles. The maximum Gasteiger partial charge on any atom is 0.330 e. The number of carboxylic acid groups (broad SMARTS) is 1. The van der Waals surface area contributed by atoms with Crippen molar-refractivity contribution >= 4 is 23.2 Å². The molecular weight excluding hydrogens is 288 g/mol. The lowest BCUT2D eigenvalue weighted by Crippen LogP contribution is -2.34. The van der Waals surface area contributed by atoms with Gasteiger partial charge in [0.15, 0.2) is 6.04 Å². The van der Waals surface area contributed by atoms with E-state index >= 15 is 0 Å². The second kappa shape index (κ2) is 6.99. The Morgan fingerprint density at radius 2 is 2.05 bits per heavy atom. The number of hydrogen-bond acceptors (Lipinski definition) is 4. The predicted octanol–water partition coefficient (Wildman–Crippen LogP) is 2.19. The number of thiazole rings is 1. The third kappa shape index (κ3) is 4.13. The topological polar surface area (TPSA) is 79.3 Å². The number of nitrogens with zero attached hydrogens (tertiary/aromatic N) is 1. The van der Waals surface area contributed by atoms with Crippen molar-refractivity contribution < 1.29 is 14.7 Å². The Labute approximate surface area is 126 Å².